The number of methoxy groups -OCH3 is 1. The van der Waals surface area contributed by atoms with E-state index in [1.54, 1.807) is 23.8 Å². The van der Waals surface area contributed by atoms with Crippen LogP contribution in [0.4, 0.5) is 16.4 Å². The molecule has 3 N–H and O–H groups in total. The minimum Gasteiger partial charge on any atom is -0.481 e. The van der Waals surface area contributed by atoms with Crippen LogP contribution in [0.1, 0.15) is 24.5 Å². The normalized spacial score (nSPS) is 11.6. The van der Waals surface area contributed by atoms with Gasteiger partial charge >= 0.3 is 16.2 Å². The minimum absolute atomic E-state index is 0.00754. The lowest BCUT2D eigenvalue weighted by Crippen LogP contribution is -2.39. The zero-order valence-corrected chi connectivity index (χ0v) is 19.3. The molecule has 2 amide bonds. The van der Waals surface area contributed by atoms with Gasteiger partial charge in [0.25, 0.3) is 0 Å². The van der Waals surface area contributed by atoms with Crippen LogP contribution in [-0.4, -0.2) is 44.3 Å². The molecular weight excluding hydrogens is 471 g/mol. The highest BCUT2D eigenvalue weighted by Crippen LogP contribution is 2.29. The summed E-state index contributed by atoms with van der Waals surface area (Å²) in [5.41, 5.74) is 1.50. The lowest BCUT2D eigenvalue weighted by Gasteiger charge is -2.17. The van der Waals surface area contributed by atoms with Crippen molar-refractivity contribution in [2.45, 2.75) is 20.3 Å². The van der Waals surface area contributed by atoms with E-state index in [2.05, 4.69) is 25.2 Å². The molecule has 0 spiro atoms. The summed E-state index contributed by atoms with van der Waals surface area (Å²) in [4.78, 5) is 24.6. The third-order valence-electron chi connectivity index (χ3n) is 3.82. The number of urea groups is 1. The number of oxime groups is 1. The Balaban J connectivity index is 2.28. The molecule has 11 nitrogen and oxygen atoms in total. The van der Waals surface area contributed by atoms with Crippen LogP contribution in [0, 0.1) is 6.92 Å². The van der Waals surface area contributed by atoms with Gasteiger partial charge in [0.2, 0.25) is 11.8 Å². The number of rotatable bonds is 8. The maximum absolute atomic E-state index is 12.6. The van der Waals surface area contributed by atoms with E-state index in [1.807, 2.05) is 6.92 Å². The van der Waals surface area contributed by atoms with Crippen molar-refractivity contribution in [1.82, 2.24) is 14.7 Å². The van der Waals surface area contributed by atoms with Gasteiger partial charge in [0.1, 0.15) is 12.3 Å². The molecule has 0 bridgehead atoms. The van der Waals surface area contributed by atoms with Gasteiger partial charge in [0, 0.05) is 16.7 Å². The largest absolute Gasteiger partial charge is 0.481 e. The fourth-order valence-corrected chi connectivity index (χ4v) is 3.65. The van der Waals surface area contributed by atoms with Crippen molar-refractivity contribution >= 4 is 56.8 Å². The molecule has 1 heterocycles. The number of carbonyl (C=O) groups excluding carboxylic acids is 1. The van der Waals surface area contributed by atoms with E-state index < -0.39 is 16.2 Å². The Morgan fingerprint density at radius 3 is 2.55 bits per heavy atom. The number of anilines is 2. The Hall–Kier alpha value is -2.83. The molecule has 1 aromatic carbocycles. The Bertz CT molecular complexity index is 1110. The number of halogens is 2. The zero-order valence-electron chi connectivity index (χ0n) is 17.0. The number of hydrogen-bond donors (Lipinski definition) is 3. The van der Waals surface area contributed by atoms with Crippen molar-refractivity contribution in [3.63, 3.8) is 0 Å². The minimum atomic E-state index is -4.38. The second kappa shape index (κ2) is 10.5. The van der Waals surface area contributed by atoms with Gasteiger partial charge in [-0.2, -0.15) is 13.4 Å². The quantitative estimate of drug-likeness (QED) is 0.292. The summed E-state index contributed by atoms with van der Waals surface area (Å²) in [5, 5.41) is 6.39. The van der Waals surface area contributed by atoms with E-state index >= 15 is 0 Å². The van der Waals surface area contributed by atoms with Gasteiger partial charge in [-0.25, -0.2) is 14.5 Å². The lowest BCUT2D eigenvalue weighted by molar-refractivity contribution is 0.213. The fraction of sp³-hybridized carbons (Fsp3) is 0.294. The first kappa shape index (κ1) is 24.4. The lowest BCUT2D eigenvalue weighted by atomic mass is 10.0. The SMILES string of the molecule is CCC(=NOC)c1ccc(Cl)c(C)c1NS(=O)(=O)NC(=O)Nc1nc(Cl)cc(OC)n1. The smallest absolute Gasteiger partial charge is 0.336 e. The molecule has 14 heteroatoms. The standard InChI is InChI=1S/C17H20Cl2N6O5S/c1-5-12(23-30-4)10-6-7-11(18)9(2)15(10)24-31(27,28)25-17(26)22-16-20-13(19)8-14(21-16)29-3/h6-8,24H,5H2,1-4H3,(H2,20,21,22,25,26). The Morgan fingerprint density at radius 2 is 1.94 bits per heavy atom. The number of ether oxygens (including phenoxy) is 1. The molecule has 2 rings (SSSR count). The number of hydrogen-bond acceptors (Lipinski definition) is 8. The molecule has 0 unspecified atom stereocenters. The Labute approximate surface area is 189 Å². The van der Waals surface area contributed by atoms with Crippen molar-refractivity contribution < 1.29 is 22.8 Å². The summed E-state index contributed by atoms with van der Waals surface area (Å²) >= 11 is 12.0. The number of benzene rings is 1. The maximum Gasteiger partial charge on any atom is 0.336 e. The van der Waals surface area contributed by atoms with Gasteiger partial charge in [0.15, 0.2) is 0 Å². The monoisotopic (exact) mass is 490 g/mol. The van der Waals surface area contributed by atoms with E-state index in [-0.39, 0.29) is 22.7 Å². The van der Waals surface area contributed by atoms with Gasteiger partial charge < -0.3 is 9.57 Å². The number of nitrogens with one attached hydrogen (secondary N) is 3. The number of amides is 2. The Kier molecular flexibility index (Phi) is 8.25. The highest BCUT2D eigenvalue weighted by molar-refractivity contribution is 7.91. The highest BCUT2D eigenvalue weighted by atomic mass is 35.5. The van der Waals surface area contributed by atoms with Crippen LogP contribution in [-0.2, 0) is 15.0 Å². The van der Waals surface area contributed by atoms with E-state index in [0.29, 0.717) is 28.3 Å². The summed E-state index contributed by atoms with van der Waals surface area (Å²) in [6.07, 6.45) is 0.450. The van der Waals surface area contributed by atoms with Gasteiger partial charge in [-0.05, 0) is 31.0 Å². The predicted octanol–water partition coefficient (Wildman–Crippen LogP) is 3.34. The molecule has 1 aromatic heterocycles. The third kappa shape index (κ3) is 6.57. The average Bonchev–Trinajstić information content (AvgIpc) is 2.69. The summed E-state index contributed by atoms with van der Waals surface area (Å²) in [6, 6.07) is 3.40. The van der Waals surface area contributed by atoms with Gasteiger partial charge in [0.05, 0.1) is 18.5 Å². The van der Waals surface area contributed by atoms with Crippen molar-refractivity contribution in [3.05, 3.63) is 39.5 Å². The van der Waals surface area contributed by atoms with Crippen LogP contribution in [0.15, 0.2) is 23.4 Å². The molecular formula is C17H20Cl2N6O5S. The molecule has 2 aromatic rings. The number of carbonyl (C=O) groups is 1. The first-order chi connectivity index (χ1) is 14.6. The van der Waals surface area contributed by atoms with Crippen molar-refractivity contribution in [2.75, 3.05) is 24.3 Å². The van der Waals surface area contributed by atoms with Gasteiger partial charge in [-0.3, -0.25) is 10.0 Å². The van der Waals surface area contributed by atoms with Gasteiger partial charge in [-0.1, -0.05) is 35.3 Å². The molecule has 0 saturated carbocycles. The molecule has 0 saturated heterocycles. The summed E-state index contributed by atoms with van der Waals surface area (Å²) in [6.45, 7) is 3.45. The maximum atomic E-state index is 12.6. The Morgan fingerprint density at radius 1 is 1.23 bits per heavy atom. The fourth-order valence-electron chi connectivity index (χ4n) is 2.44. The summed E-state index contributed by atoms with van der Waals surface area (Å²) in [5.74, 6) is -0.169. The molecule has 0 atom stereocenters. The highest BCUT2D eigenvalue weighted by Gasteiger charge is 2.21. The third-order valence-corrected chi connectivity index (χ3v) is 5.35. The van der Waals surface area contributed by atoms with Gasteiger partial charge in [-0.15, -0.1) is 0 Å². The van der Waals surface area contributed by atoms with Crippen molar-refractivity contribution in [1.29, 1.82) is 0 Å². The van der Waals surface area contributed by atoms with Crippen LogP contribution in [0.25, 0.3) is 0 Å². The molecule has 0 aliphatic heterocycles. The van der Waals surface area contributed by atoms with Crippen molar-refractivity contribution in [2.24, 2.45) is 5.16 Å². The van der Waals surface area contributed by atoms with E-state index in [4.69, 9.17) is 32.8 Å². The second-order valence-corrected chi connectivity index (χ2v) is 8.10. The molecule has 0 fully saturated rings. The van der Waals surface area contributed by atoms with Crippen molar-refractivity contribution in [3.8, 4) is 5.88 Å². The topological polar surface area (TPSA) is 144 Å². The van der Waals surface area contributed by atoms with Crippen LogP contribution in [0.2, 0.25) is 10.2 Å². The molecule has 0 aliphatic carbocycles. The van der Waals surface area contributed by atoms with Crippen LogP contribution < -0.4 is 19.5 Å². The first-order valence-electron chi connectivity index (χ1n) is 8.69. The van der Waals surface area contributed by atoms with E-state index in [9.17, 15) is 13.2 Å². The predicted molar refractivity (Wildman–Crippen MR) is 118 cm³/mol. The molecule has 0 radical (unpaired) electrons. The summed E-state index contributed by atoms with van der Waals surface area (Å²) in [7, 11) is -1.66. The second-order valence-electron chi connectivity index (χ2n) is 5.89. The number of nitrogens with zero attached hydrogens (tertiary/aromatic N) is 3. The molecule has 168 valence electrons. The van der Waals surface area contributed by atoms with Crippen LogP contribution in [0.3, 0.4) is 0 Å². The van der Waals surface area contributed by atoms with Crippen LogP contribution in [0.5, 0.6) is 5.88 Å². The number of aromatic nitrogens is 2. The average molecular weight is 491 g/mol. The van der Waals surface area contributed by atoms with E-state index in [0.717, 1.165) is 0 Å². The molecule has 31 heavy (non-hydrogen) atoms. The van der Waals surface area contributed by atoms with Crippen LogP contribution >= 0.6 is 23.2 Å². The van der Waals surface area contributed by atoms with E-state index in [1.165, 1.54) is 20.3 Å². The summed E-state index contributed by atoms with van der Waals surface area (Å²) < 4.78 is 34.2. The zero-order chi connectivity index (χ0) is 23.2. The molecule has 0 aliphatic rings. The first-order valence-corrected chi connectivity index (χ1v) is 10.9.